The van der Waals surface area contributed by atoms with Crippen molar-refractivity contribution in [1.82, 2.24) is 14.3 Å². The first-order valence-corrected chi connectivity index (χ1v) is 9.67. The van der Waals surface area contributed by atoms with Gasteiger partial charge in [-0.1, -0.05) is 18.2 Å². The Morgan fingerprint density at radius 3 is 2.89 bits per heavy atom. The van der Waals surface area contributed by atoms with E-state index in [4.69, 9.17) is 5.73 Å². The smallest absolute Gasteiger partial charge is 0.248 e. The van der Waals surface area contributed by atoms with E-state index in [1.54, 1.807) is 6.07 Å². The zero-order valence-corrected chi connectivity index (χ0v) is 15.8. The molecule has 3 aromatic rings. The van der Waals surface area contributed by atoms with Crippen molar-refractivity contribution in [3.05, 3.63) is 71.7 Å². The first-order valence-electron chi connectivity index (χ1n) is 9.67. The normalized spacial score (nSPS) is 16.6. The zero-order chi connectivity index (χ0) is 19.5. The first kappa shape index (κ1) is 18.2. The summed E-state index contributed by atoms with van der Waals surface area (Å²) in [6.07, 6.45) is 6.93. The van der Waals surface area contributed by atoms with E-state index in [1.165, 1.54) is 0 Å². The van der Waals surface area contributed by atoms with Gasteiger partial charge in [0.25, 0.3) is 0 Å². The van der Waals surface area contributed by atoms with Gasteiger partial charge in [0, 0.05) is 37.5 Å². The molecule has 0 aliphatic carbocycles. The lowest BCUT2D eigenvalue weighted by Gasteiger charge is -2.16. The Kier molecular flexibility index (Phi) is 5.10. The third-order valence-electron chi connectivity index (χ3n) is 5.38. The van der Waals surface area contributed by atoms with Crippen LogP contribution >= 0.6 is 0 Å². The molecule has 0 saturated carbocycles. The summed E-state index contributed by atoms with van der Waals surface area (Å²) in [5.41, 5.74) is 8.85. The van der Waals surface area contributed by atoms with Crippen molar-refractivity contribution in [3.8, 4) is 0 Å². The Hall–Kier alpha value is -3.15. The van der Waals surface area contributed by atoms with E-state index < -0.39 is 5.91 Å². The van der Waals surface area contributed by atoms with Crippen LogP contribution in [0.4, 0.5) is 0 Å². The molecular formula is C22H24N4O2. The van der Waals surface area contributed by atoms with E-state index >= 15 is 0 Å². The Morgan fingerprint density at radius 1 is 1.18 bits per heavy atom. The van der Waals surface area contributed by atoms with Crippen molar-refractivity contribution in [1.29, 1.82) is 0 Å². The van der Waals surface area contributed by atoms with Crippen LogP contribution in [0.15, 0.2) is 54.9 Å². The molecular weight excluding hydrogens is 352 g/mol. The van der Waals surface area contributed by atoms with Crippen LogP contribution in [0.3, 0.4) is 0 Å². The second kappa shape index (κ2) is 7.84. The van der Waals surface area contributed by atoms with Crippen LogP contribution < -0.4 is 5.73 Å². The lowest BCUT2D eigenvalue weighted by atomic mass is 9.97. The van der Waals surface area contributed by atoms with Gasteiger partial charge in [0.05, 0.1) is 5.69 Å². The standard InChI is InChI=1S/C22H24N4O2/c23-22(28)18-5-3-4-16(13-18)12-17-9-11-26(14-17)21(27)8-7-19-15-25-10-2-1-6-20(25)24-19/h1-6,10,13,15,17H,7-9,11-12,14H2,(H2,23,28)/t17-/m1/s1. The lowest BCUT2D eigenvalue weighted by molar-refractivity contribution is -0.130. The number of pyridine rings is 1. The number of carbonyl (C=O) groups excluding carboxylic acids is 2. The molecule has 4 rings (SSSR count). The molecule has 2 aromatic heterocycles. The number of imidazole rings is 1. The molecule has 1 aliphatic rings. The van der Waals surface area contributed by atoms with Crippen LogP contribution in [0.5, 0.6) is 0 Å². The Morgan fingerprint density at radius 2 is 2.07 bits per heavy atom. The maximum Gasteiger partial charge on any atom is 0.248 e. The highest BCUT2D eigenvalue weighted by molar-refractivity contribution is 5.92. The third-order valence-corrected chi connectivity index (χ3v) is 5.38. The van der Waals surface area contributed by atoms with E-state index in [2.05, 4.69) is 4.98 Å². The number of benzene rings is 1. The highest BCUT2D eigenvalue weighted by atomic mass is 16.2. The maximum absolute atomic E-state index is 12.6. The molecule has 6 nitrogen and oxygen atoms in total. The van der Waals surface area contributed by atoms with Crippen molar-refractivity contribution in [3.63, 3.8) is 0 Å². The number of hydrogen-bond donors (Lipinski definition) is 1. The quantitative estimate of drug-likeness (QED) is 0.718. The van der Waals surface area contributed by atoms with Crippen molar-refractivity contribution >= 4 is 17.5 Å². The van der Waals surface area contributed by atoms with Crippen LogP contribution in [0.25, 0.3) is 5.65 Å². The van der Waals surface area contributed by atoms with Gasteiger partial charge in [0.1, 0.15) is 5.65 Å². The number of nitrogens with two attached hydrogens (primary N) is 1. The van der Waals surface area contributed by atoms with Crippen LogP contribution in [-0.2, 0) is 17.6 Å². The summed E-state index contributed by atoms with van der Waals surface area (Å²) in [5.74, 6) is 0.199. The average Bonchev–Trinajstić information content (AvgIpc) is 3.33. The SMILES string of the molecule is NC(=O)c1cccc(C[C@H]2CCN(C(=O)CCc3cn4ccccc4n3)C2)c1. The molecule has 2 amide bonds. The maximum atomic E-state index is 12.6. The minimum absolute atomic E-state index is 0.186. The predicted octanol–water partition coefficient (Wildman–Crippen LogP) is 2.46. The molecule has 1 aliphatic heterocycles. The number of nitrogens with zero attached hydrogens (tertiary/aromatic N) is 3. The number of aryl methyl sites for hydroxylation is 1. The number of amides is 2. The average molecular weight is 376 g/mol. The summed E-state index contributed by atoms with van der Waals surface area (Å²) < 4.78 is 1.98. The second-order valence-electron chi connectivity index (χ2n) is 7.46. The molecule has 1 fully saturated rings. The predicted molar refractivity (Wildman–Crippen MR) is 107 cm³/mol. The van der Waals surface area contributed by atoms with Gasteiger partial charge in [-0.15, -0.1) is 0 Å². The molecule has 1 aromatic carbocycles. The van der Waals surface area contributed by atoms with Crippen molar-refractivity contribution < 1.29 is 9.59 Å². The fourth-order valence-electron chi connectivity index (χ4n) is 3.91. The fraction of sp³-hybridized carbons (Fsp3) is 0.318. The largest absolute Gasteiger partial charge is 0.366 e. The van der Waals surface area contributed by atoms with Gasteiger partial charge in [0.15, 0.2) is 0 Å². The number of aromatic nitrogens is 2. The Balaban J connectivity index is 1.30. The van der Waals surface area contributed by atoms with E-state index in [9.17, 15) is 9.59 Å². The zero-order valence-electron chi connectivity index (χ0n) is 15.8. The summed E-state index contributed by atoms with van der Waals surface area (Å²) in [4.78, 5) is 30.5. The minimum atomic E-state index is -0.406. The number of primary amides is 1. The molecule has 1 atom stereocenters. The van der Waals surface area contributed by atoms with Crippen LogP contribution in [0.1, 0.15) is 34.5 Å². The summed E-state index contributed by atoms with van der Waals surface area (Å²) in [7, 11) is 0. The number of rotatable bonds is 6. The minimum Gasteiger partial charge on any atom is -0.366 e. The van der Waals surface area contributed by atoms with Crippen LogP contribution in [-0.4, -0.2) is 39.2 Å². The summed E-state index contributed by atoms with van der Waals surface area (Å²) >= 11 is 0. The van der Waals surface area contributed by atoms with Gasteiger partial charge in [-0.25, -0.2) is 4.98 Å². The molecule has 0 bridgehead atoms. The van der Waals surface area contributed by atoms with E-state index in [1.807, 2.05) is 58.1 Å². The summed E-state index contributed by atoms with van der Waals surface area (Å²) in [6.45, 7) is 1.56. The summed E-state index contributed by atoms with van der Waals surface area (Å²) in [6, 6.07) is 13.4. The number of carbonyl (C=O) groups is 2. The van der Waals surface area contributed by atoms with Crippen molar-refractivity contribution in [2.24, 2.45) is 11.7 Å². The number of fused-ring (bicyclic) bond motifs is 1. The molecule has 0 radical (unpaired) electrons. The van der Waals surface area contributed by atoms with Gasteiger partial charge in [-0.05, 0) is 55.0 Å². The molecule has 144 valence electrons. The van der Waals surface area contributed by atoms with Crippen LogP contribution in [0, 0.1) is 5.92 Å². The molecule has 1 saturated heterocycles. The number of hydrogen-bond acceptors (Lipinski definition) is 3. The molecule has 6 heteroatoms. The molecule has 3 heterocycles. The molecule has 2 N–H and O–H groups in total. The van der Waals surface area contributed by atoms with Crippen molar-refractivity contribution in [2.75, 3.05) is 13.1 Å². The van der Waals surface area contributed by atoms with Crippen LogP contribution in [0.2, 0.25) is 0 Å². The monoisotopic (exact) mass is 376 g/mol. The molecule has 0 unspecified atom stereocenters. The van der Waals surface area contributed by atoms with Gasteiger partial charge in [0.2, 0.25) is 11.8 Å². The highest BCUT2D eigenvalue weighted by Crippen LogP contribution is 2.22. The Bertz CT molecular complexity index is 977. The van der Waals surface area contributed by atoms with Gasteiger partial charge >= 0.3 is 0 Å². The first-order chi connectivity index (χ1) is 13.6. The van der Waals surface area contributed by atoms with E-state index in [-0.39, 0.29) is 5.91 Å². The third kappa shape index (κ3) is 4.06. The van der Waals surface area contributed by atoms with Crippen molar-refractivity contribution in [2.45, 2.75) is 25.7 Å². The number of likely N-dealkylation sites (tertiary alicyclic amines) is 1. The second-order valence-corrected chi connectivity index (χ2v) is 7.46. The Labute approximate surface area is 164 Å². The van der Waals surface area contributed by atoms with Gasteiger partial charge in [-0.2, -0.15) is 0 Å². The van der Waals surface area contributed by atoms with Gasteiger partial charge < -0.3 is 15.0 Å². The van der Waals surface area contributed by atoms with Gasteiger partial charge in [-0.3, -0.25) is 9.59 Å². The lowest BCUT2D eigenvalue weighted by Crippen LogP contribution is -2.29. The molecule has 0 spiro atoms. The summed E-state index contributed by atoms with van der Waals surface area (Å²) in [5, 5.41) is 0. The topological polar surface area (TPSA) is 80.7 Å². The fourth-order valence-corrected chi connectivity index (χ4v) is 3.91. The van der Waals surface area contributed by atoms with E-state index in [0.717, 1.165) is 42.8 Å². The molecule has 28 heavy (non-hydrogen) atoms. The van der Waals surface area contributed by atoms with E-state index in [0.29, 0.717) is 24.3 Å². The highest BCUT2D eigenvalue weighted by Gasteiger charge is 2.26.